The van der Waals surface area contributed by atoms with Gasteiger partial charge in [0.1, 0.15) is 23.9 Å². The number of nitrogens with two attached hydrogens (primary N) is 2. The van der Waals surface area contributed by atoms with E-state index in [-0.39, 0.29) is 31.4 Å². The summed E-state index contributed by atoms with van der Waals surface area (Å²) in [6, 6.07) is 8.88. The van der Waals surface area contributed by atoms with Gasteiger partial charge in [-0.25, -0.2) is 4.79 Å². The SMILES string of the molecule is CC(NC(=O)C(Cc1ccc(O)cc1)NC(=O)C(N)Cc1c[nH]c2ccccc12)C(=O)NC(CCC(N)=O)C(=O)O. The topological polar surface area (TPSA) is 230 Å². The zero-order valence-corrected chi connectivity index (χ0v) is 22.4. The van der Waals surface area contributed by atoms with Crippen molar-refractivity contribution in [3.05, 3.63) is 65.9 Å². The van der Waals surface area contributed by atoms with Gasteiger partial charge < -0.3 is 42.6 Å². The van der Waals surface area contributed by atoms with E-state index in [4.69, 9.17) is 11.5 Å². The first-order chi connectivity index (χ1) is 19.4. The molecule has 41 heavy (non-hydrogen) atoms. The summed E-state index contributed by atoms with van der Waals surface area (Å²) in [5, 5.41) is 27.3. The highest BCUT2D eigenvalue weighted by atomic mass is 16.4. The average Bonchev–Trinajstić information content (AvgIpc) is 3.33. The first kappa shape index (κ1) is 30.6. The summed E-state index contributed by atoms with van der Waals surface area (Å²) < 4.78 is 0. The van der Waals surface area contributed by atoms with Crippen LogP contribution in [-0.4, -0.2) is 69.0 Å². The maximum atomic E-state index is 13.2. The van der Waals surface area contributed by atoms with Crippen LogP contribution < -0.4 is 27.4 Å². The number of carboxylic acid groups (broad SMARTS) is 1. The number of carbonyl (C=O) groups is 5. The second-order valence-corrected chi connectivity index (χ2v) is 9.74. The molecule has 2 aromatic carbocycles. The highest BCUT2D eigenvalue weighted by Gasteiger charge is 2.29. The molecule has 3 aromatic rings. The number of phenols is 1. The number of aromatic nitrogens is 1. The van der Waals surface area contributed by atoms with Crippen LogP contribution in [0.1, 0.15) is 30.9 Å². The van der Waals surface area contributed by atoms with Crippen LogP contribution in [0.25, 0.3) is 10.9 Å². The van der Waals surface area contributed by atoms with Gasteiger partial charge in [0.2, 0.25) is 23.6 Å². The number of fused-ring (bicyclic) bond motifs is 1. The second-order valence-electron chi connectivity index (χ2n) is 9.74. The molecule has 4 atom stereocenters. The smallest absolute Gasteiger partial charge is 0.326 e. The Kier molecular flexibility index (Phi) is 10.4. The molecular formula is C28H34N6O7. The molecule has 3 rings (SSSR count). The predicted molar refractivity (Wildman–Crippen MR) is 149 cm³/mol. The van der Waals surface area contributed by atoms with Crippen LogP contribution >= 0.6 is 0 Å². The number of carboxylic acids is 1. The summed E-state index contributed by atoms with van der Waals surface area (Å²) in [5.74, 6) is -4.17. The number of rotatable bonds is 14. The van der Waals surface area contributed by atoms with Crippen molar-refractivity contribution in [2.45, 2.75) is 56.8 Å². The summed E-state index contributed by atoms with van der Waals surface area (Å²) in [6.07, 6.45) is 1.52. The fourth-order valence-electron chi connectivity index (χ4n) is 4.21. The number of phenolic OH excluding ortho intramolecular Hbond substituents is 1. The lowest BCUT2D eigenvalue weighted by Gasteiger charge is -2.23. The summed E-state index contributed by atoms with van der Waals surface area (Å²) in [7, 11) is 0. The molecule has 0 saturated heterocycles. The molecule has 1 aromatic heterocycles. The Balaban J connectivity index is 1.70. The lowest BCUT2D eigenvalue weighted by atomic mass is 10.0. The van der Waals surface area contributed by atoms with Gasteiger partial charge >= 0.3 is 5.97 Å². The van der Waals surface area contributed by atoms with Crippen molar-refractivity contribution in [1.82, 2.24) is 20.9 Å². The molecule has 4 amide bonds. The average molecular weight is 567 g/mol. The van der Waals surface area contributed by atoms with Gasteiger partial charge in [0.25, 0.3) is 0 Å². The maximum Gasteiger partial charge on any atom is 0.326 e. The summed E-state index contributed by atoms with van der Waals surface area (Å²) >= 11 is 0. The fourth-order valence-corrected chi connectivity index (χ4v) is 4.21. The van der Waals surface area contributed by atoms with Crippen LogP contribution in [0.15, 0.2) is 54.7 Å². The Morgan fingerprint density at radius 2 is 1.54 bits per heavy atom. The Bertz CT molecular complexity index is 1400. The van der Waals surface area contributed by atoms with Crippen LogP contribution in [0.5, 0.6) is 5.75 Å². The number of aliphatic carboxylic acids is 1. The Morgan fingerprint density at radius 1 is 0.878 bits per heavy atom. The van der Waals surface area contributed by atoms with Crippen molar-refractivity contribution < 1.29 is 34.2 Å². The van der Waals surface area contributed by atoms with Crippen molar-refractivity contribution >= 4 is 40.5 Å². The molecule has 1 heterocycles. The molecule has 218 valence electrons. The highest BCUT2D eigenvalue weighted by Crippen LogP contribution is 2.19. The van der Waals surface area contributed by atoms with E-state index in [1.54, 1.807) is 18.3 Å². The lowest BCUT2D eigenvalue weighted by Crippen LogP contribution is -2.57. The van der Waals surface area contributed by atoms with E-state index in [1.165, 1.54) is 19.1 Å². The first-order valence-electron chi connectivity index (χ1n) is 12.9. The highest BCUT2D eigenvalue weighted by molar-refractivity contribution is 5.94. The van der Waals surface area contributed by atoms with Crippen molar-refractivity contribution in [2.75, 3.05) is 0 Å². The van der Waals surface area contributed by atoms with E-state index in [2.05, 4.69) is 20.9 Å². The molecule has 13 heteroatoms. The van der Waals surface area contributed by atoms with E-state index < -0.39 is 53.8 Å². The fraction of sp³-hybridized carbons (Fsp3) is 0.321. The number of benzene rings is 2. The number of aromatic amines is 1. The first-order valence-corrected chi connectivity index (χ1v) is 12.9. The van der Waals surface area contributed by atoms with Crippen molar-refractivity contribution in [3.63, 3.8) is 0 Å². The number of hydrogen-bond acceptors (Lipinski definition) is 7. The number of H-pyrrole nitrogens is 1. The van der Waals surface area contributed by atoms with Gasteiger partial charge in [0.05, 0.1) is 6.04 Å². The normalized spacial score (nSPS) is 13.9. The molecule has 10 N–H and O–H groups in total. The summed E-state index contributed by atoms with van der Waals surface area (Å²) in [5.41, 5.74) is 13.6. The van der Waals surface area contributed by atoms with Gasteiger partial charge in [-0.15, -0.1) is 0 Å². The van der Waals surface area contributed by atoms with Gasteiger partial charge in [-0.3, -0.25) is 19.2 Å². The Labute approximate surface area is 235 Å². The zero-order chi connectivity index (χ0) is 30.1. The van der Waals surface area contributed by atoms with Crippen LogP contribution in [0, 0.1) is 0 Å². The molecule has 0 aliphatic rings. The largest absolute Gasteiger partial charge is 0.508 e. The third kappa shape index (κ3) is 8.80. The number of carbonyl (C=O) groups excluding carboxylic acids is 4. The van der Waals surface area contributed by atoms with E-state index in [1.807, 2.05) is 24.3 Å². The Hall–Kier alpha value is -4.91. The maximum absolute atomic E-state index is 13.2. The van der Waals surface area contributed by atoms with Gasteiger partial charge in [-0.1, -0.05) is 30.3 Å². The minimum Gasteiger partial charge on any atom is -0.508 e. The molecule has 0 aliphatic carbocycles. The van der Waals surface area contributed by atoms with Crippen molar-refractivity contribution in [2.24, 2.45) is 11.5 Å². The van der Waals surface area contributed by atoms with Crippen molar-refractivity contribution in [1.29, 1.82) is 0 Å². The number of amides is 4. The number of hydrogen-bond donors (Lipinski definition) is 8. The van der Waals surface area contributed by atoms with Gasteiger partial charge in [-0.2, -0.15) is 0 Å². The van der Waals surface area contributed by atoms with Gasteiger partial charge in [-0.05, 0) is 49.1 Å². The molecule has 0 fully saturated rings. The molecule has 0 saturated carbocycles. The third-order valence-corrected chi connectivity index (χ3v) is 6.51. The van der Waals surface area contributed by atoms with Crippen LogP contribution in [0.2, 0.25) is 0 Å². The van der Waals surface area contributed by atoms with E-state index >= 15 is 0 Å². The minimum atomic E-state index is -1.38. The van der Waals surface area contributed by atoms with E-state index in [0.717, 1.165) is 16.5 Å². The Morgan fingerprint density at radius 3 is 2.20 bits per heavy atom. The molecular weight excluding hydrogens is 532 g/mol. The molecule has 0 radical (unpaired) electrons. The number of nitrogens with one attached hydrogen (secondary N) is 4. The summed E-state index contributed by atoms with van der Waals surface area (Å²) in [4.78, 5) is 64.6. The molecule has 4 unspecified atom stereocenters. The van der Waals surface area contributed by atoms with Gasteiger partial charge in [0.15, 0.2) is 0 Å². The number of para-hydroxylation sites is 1. The summed E-state index contributed by atoms with van der Waals surface area (Å²) in [6.45, 7) is 1.35. The van der Waals surface area contributed by atoms with Crippen LogP contribution in [0.3, 0.4) is 0 Å². The van der Waals surface area contributed by atoms with Crippen LogP contribution in [0.4, 0.5) is 0 Å². The number of primary amides is 1. The van der Waals surface area contributed by atoms with Gasteiger partial charge in [0, 0.05) is 29.9 Å². The quantitative estimate of drug-likeness (QED) is 0.130. The second kappa shape index (κ2) is 13.9. The minimum absolute atomic E-state index is 0.0162. The van der Waals surface area contributed by atoms with E-state index in [9.17, 15) is 34.2 Å². The number of aromatic hydroxyl groups is 1. The molecule has 0 spiro atoms. The molecule has 0 bridgehead atoms. The molecule has 0 aliphatic heterocycles. The van der Waals surface area contributed by atoms with E-state index in [0.29, 0.717) is 5.56 Å². The third-order valence-electron chi connectivity index (χ3n) is 6.51. The predicted octanol–water partition coefficient (Wildman–Crippen LogP) is -0.190. The lowest BCUT2D eigenvalue weighted by molar-refractivity contribution is -0.142. The van der Waals surface area contributed by atoms with Crippen LogP contribution in [-0.2, 0) is 36.8 Å². The molecule has 13 nitrogen and oxygen atoms in total. The standard InChI is InChI=1S/C28H34N6O7/c1-15(25(37)33-22(28(40)41)10-11-24(30)36)32-27(39)23(12-16-6-8-18(35)9-7-16)34-26(38)20(29)13-17-14-31-21-5-3-2-4-19(17)21/h2-9,14-15,20,22-23,31,35H,10-13,29H2,1H3,(H2,30,36)(H,32,39)(H,33,37)(H,34,38)(H,40,41). The van der Waals surface area contributed by atoms with Crippen molar-refractivity contribution in [3.8, 4) is 5.75 Å². The monoisotopic (exact) mass is 566 g/mol. The zero-order valence-electron chi connectivity index (χ0n) is 22.4.